The van der Waals surface area contributed by atoms with Gasteiger partial charge >= 0.3 is 5.97 Å². The van der Waals surface area contributed by atoms with Gasteiger partial charge in [-0.1, -0.05) is 43.7 Å². The first-order chi connectivity index (χ1) is 14.7. The number of aryl methyl sites for hydroxylation is 1. The molecule has 1 aromatic carbocycles. The molecule has 0 N–H and O–H groups in total. The highest BCUT2D eigenvalue weighted by Crippen LogP contribution is 2.26. The van der Waals surface area contributed by atoms with Crippen molar-refractivity contribution in [1.82, 2.24) is 19.2 Å². The molecule has 0 aliphatic carbocycles. The average Bonchev–Trinajstić information content (AvgIpc) is 3.41. The Balaban J connectivity index is 1.76. The molecule has 0 aliphatic heterocycles. The summed E-state index contributed by atoms with van der Waals surface area (Å²) in [7, 11) is 1.32. The predicted octanol–water partition coefficient (Wildman–Crippen LogP) is 3.91. The van der Waals surface area contributed by atoms with Gasteiger partial charge in [-0.05, 0) is 24.6 Å². The van der Waals surface area contributed by atoms with E-state index in [9.17, 15) is 9.59 Å². The fraction of sp³-hybridized carbons (Fsp3) is 0.333. The van der Waals surface area contributed by atoms with Gasteiger partial charge in [0.25, 0.3) is 5.56 Å². The van der Waals surface area contributed by atoms with Gasteiger partial charge in [-0.2, -0.15) is 0 Å². The molecule has 0 radical (unpaired) electrons. The van der Waals surface area contributed by atoms with Crippen molar-refractivity contribution in [3.63, 3.8) is 0 Å². The van der Waals surface area contributed by atoms with Crippen molar-refractivity contribution in [1.29, 1.82) is 0 Å². The van der Waals surface area contributed by atoms with Gasteiger partial charge in [0.2, 0.25) is 11.5 Å². The zero-order valence-corrected chi connectivity index (χ0v) is 17.6. The van der Waals surface area contributed by atoms with E-state index in [0.29, 0.717) is 34.2 Å². The maximum atomic E-state index is 13.1. The molecule has 0 atom stereocenters. The van der Waals surface area contributed by atoms with Gasteiger partial charge in [0, 0.05) is 17.9 Å². The summed E-state index contributed by atoms with van der Waals surface area (Å²) < 4.78 is 13.6. The number of para-hydroxylation sites is 1. The molecule has 156 valence electrons. The molecule has 8 nitrogen and oxygen atoms in total. The molecule has 9 heteroatoms. The Morgan fingerprint density at radius 2 is 2.03 bits per heavy atom. The molecule has 3 heterocycles. The number of fused-ring (bicyclic) bond motifs is 3. The lowest BCUT2D eigenvalue weighted by Gasteiger charge is -2.11. The van der Waals surface area contributed by atoms with E-state index < -0.39 is 5.97 Å². The minimum Gasteiger partial charge on any atom is -0.463 e. The molecule has 0 saturated heterocycles. The molecule has 4 aromatic rings. The molecule has 0 aliphatic rings. The van der Waals surface area contributed by atoms with Crippen molar-refractivity contribution in [2.75, 3.05) is 7.11 Å². The summed E-state index contributed by atoms with van der Waals surface area (Å²) in [5.74, 6) is 0.639. The van der Waals surface area contributed by atoms with E-state index in [1.807, 2.05) is 28.7 Å². The summed E-state index contributed by atoms with van der Waals surface area (Å²) >= 11 is 1.42. The van der Waals surface area contributed by atoms with E-state index in [2.05, 4.69) is 17.1 Å². The summed E-state index contributed by atoms with van der Waals surface area (Å²) in [6.07, 6.45) is 4.47. The zero-order valence-electron chi connectivity index (χ0n) is 16.8. The summed E-state index contributed by atoms with van der Waals surface area (Å²) in [6, 6.07) is 9.21. The number of hydrogen-bond acceptors (Lipinski definition) is 7. The number of unbranched alkanes of at least 4 members (excludes halogenated alkanes) is 2. The molecule has 0 spiro atoms. The van der Waals surface area contributed by atoms with Crippen LogP contribution in [-0.4, -0.2) is 32.2 Å². The van der Waals surface area contributed by atoms with Crippen molar-refractivity contribution < 1.29 is 13.9 Å². The van der Waals surface area contributed by atoms with Crippen LogP contribution in [0.1, 0.15) is 42.3 Å². The normalized spacial score (nSPS) is 11.4. The van der Waals surface area contributed by atoms with Crippen LogP contribution in [0.2, 0.25) is 0 Å². The van der Waals surface area contributed by atoms with Crippen molar-refractivity contribution in [3.8, 4) is 0 Å². The van der Waals surface area contributed by atoms with Gasteiger partial charge in [-0.15, -0.1) is 10.2 Å². The number of carbonyl (C=O) groups is 1. The first-order valence-corrected chi connectivity index (χ1v) is 10.8. The van der Waals surface area contributed by atoms with Crippen LogP contribution in [-0.2, 0) is 17.0 Å². The Hall–Kier alpha value is -3.07. The van der Waals surface area contributed by atoms with Gasteiger partial charge in [0.15, 0.2) is 5.16 Å². The Morgan fingerprint density at radius 3 is 2.83 bits per heavy atom. The van der Waals surface area contributed by atoms with Crippen molar-refractivity contribution in [2.24, 2.45) is 0 Å². The molecule has 0 amide bonds. The van der Waals surface area contributed by atoms with Gasteiger partial charge in [0.05, 0.1) is 24.3 Å². The first-order valence-electron chi connectivity index (χ1n) is 9.79. The van der Waals surface area contributed by atoms with Crippen LogP contribution < -0.4 is 5.56 Å². The number of benzene rings is 1. The SMILES string of the molecule is CCCCCn1c(=O)c2ccccc2n2c(SCc3ccoc3C(=O)OC)nnc12. The number of methoxy groups -OCH3 is 1. The molecular weight excluding hydrogens is 404 g/mol. The Labute approximate surface area is 176 Å². The maximum Gasteiger partial charge on any atom is 0.374 e. The van der Waals surface area contributed by atoms with E-state index >= 15 is 0 Å². The van der Waals surface area contributed by atoms with Crippen LogP contribution in [0, 0.1) is 0 Å². The third-order valence-electron chi connectivity index (χ3n) is 4.94. The fourth-order valence-corrected chi connectivity index (χ4v) is 4.33. The van der Waals surface area contributed by atoms with Crippen LogP contribution in [0.15, 0.2) is 51.0 Å². The number of esters is 1. The quantitative estimate of drug-likeness (QED) is 0.240. The van der Waals surface area contributed by atoms with Crippen LogP contribution in [0.5, 0.6) is 0 Å². The molecule has 4 rings (SSSR count). The second-order valence-electron chi connectivity index (χ2n) is 6.85. The molecule has 3 aromatic heterocycles. The number of ether oxygens (including phenoxy) is 1. The lowest BCUT2D eigenvalue weighted by atomic mass is 10.2. The number of carbonyl (C=O) groups excluding carboxylic acids is 1. The highest BCUT2D eigenvalue weighted by Gasteiger charge is 2.19. The number of aromatic nitrogens is 4. The standard InChI is InChI=1S/C21H22N4O4S/c1-3-4-7-11-24-18(26)15-8-5-6-9-16(15)25-20(24)22-23-21(25)30-13-14-10-12-29-17(14)19(27)28-2/h5-6,8-10,12H,3-4,7,11,13H2,1-2H3. The smallest absolute Gasteiger partial charge is 0.374 e. The minimum absolute atomic E-state index is 0.0547. The highest BCUT2D eigenvalue weighted by molar-refractivity contribution is 7.98. The number of hydrogen-bond donors (Lipinski definition) is 0. The lowest BCUT2D eigenvalue weighted by molar-refractivity contribution is 0.0564. The predicted molar refractivity (Wildman–Crippen MR) is 114 cm³/mol. The summed E-state index contributed by atoms with van der Waals surface area (Å²) in [5, 5.41) is 9.93. The minimum atomic E-state index is -0.517. The average molecular weight is 426 g/mol. The van der Waals surface area contributed by atoms with Crippen molar-refractivity contribution >= 4 is 34.4 Å². The van der Waals surface area contributed by atoms with Crippen LogP contribution >= 0.6 is 11.8 Å². The number of rotatable bonds is 8. The number of furan rings is 1. The second kappa shape index (κ2) is 8.74. The highest BCUT2D eigenvalue weighted by atomic mass is 32.2. The summed E-state index contributed by atoms with van der Waals surface area (Å²) in [6.45, 7) is 2.72. The van der Waals surface area contributed by atoms with E-state index in [4.69, 9.17) is 9.15 Å². The topological polar surface area (TPSA) is 91.6 Å². The molecule has 0 bridgehead atoms. The fourth-order valence-electron chi connectivity index (χ4n) is 3.41. The molecule has 30 heavy (non-hydrogen) atoms. The largest absolute Gasteiger partial charge is 0.463 e. The van der Waals surface area contributed by atoms with Crippen molar-refractivity contribution in [2.45, 2.75) is 43.6 Å². The first kappa shape index (κ1) is 20.2. The maximum absolute atomic E-state index is 13.1. The number of nitrogens with zero attached hydrogens (tertiary/aromatic N) is 4. The number of thioether (sulfide) groups is 1. The van der Waals surface area contributed by atoms with Crippen LogP contribution in [0.3, 0.4) is 0 Å². The van der Waals surface area contributed by atoms with E-state index in [-0.39, 0.29) is 11.3 Å². The van der Waals surface area contributed by atoms with Crippen LogP contribution in [0.25, 0.3) is 16.7 Å². The second-order valence-corrected chi connectivity index (χ2v) is 7.80. The van der Waals surface area contributed by atoms with E-state index in [1.165, 1.54) is 25.1 Å². The van der Waals surface area contributed by atoms with Gasteiger partial charge in [-0.3, -0.25) is 13.8 Å². The van der Waals surface area contributed by atoms with Crippen LogP contribution in [0.4, 0.5) is 0 Å². The summed E-state index contributed by atoms with van der Waals surface area (Å²) in [4.78, 5) is 24.9. The monoisotopic (exact) mass is 426 g/mol. The van der Waals surface area contributed by atoms with Gasteiger partial charge in [-0.25, -0.2) is 4.79 Å². The van der Waals surface area contributed by atoms with E-state index in [1.54, 1.807) is 10.6 Å². The summed E-state index contributed by atoms with van der Waals surface area (Å²) in [5.41, 5.74) is 1.42. The molecular formula is C21H22N4O4S. The molecule has 0 fully saturated rings. The Kier molecular flexibility index (Phi) is 5.89. The Bertz CT molecular complexity index is 1260. The van der Waals surface area contributed by atoms with E-state index in [0.717, 1.165) is 24.8 Å². The lowest BCUT2D eigenvalue weighted by Crippen LogP contribution is -2.23. The van der Waals surface area contributed by atoms with Gasteiger partial charge < -0.3 is 9.15 Å². The molecule has 0 saturated carbocycles. The third-order valence-corrected chi connectivity index (χ3v) is 5.92. The Morgan fingerprint density at radius 1 is 1.20 bits per heavy atom. The van der Waals surface area contributed by atoms with Crippen molar-refractivity contribution in [3.05, 3.63) is 58.3 Å². The van der Waals surface area contributed by atoms with Gasteiger partial charge in [0.1, 0.15) is 0 Å². The third kappa shape index (κ3) is 3.60. The zero-order chi connectivity index (χ0) is 21.1. The molecule has 0 unspecified atom stereocenters.